The van der Waals surface area contributed by atoms with E-state index in [1.54, 1.807) is 0 Å². The number of hydrogen-bond donors (Lipinski definition) is 0. The molecule has 0 atom stereocenters. The van der Waals surface area contributed by atoms with Crippen LogP contribution in [-0.2, 0) is 0 Å². The van der Waals surface area contributed by atoms with E-state index in [0.717, 1.165) is 58.1 Å². The Labute approximate surface area is 339 Å². The van der Waals surface area contributed by atoms with Crippen molar-refractivity contribution in [3.8, 4) is 11.8 Å². The minimum Gasteiger partial charge on any atom is -0.314 e. The average Bonchev–Trinajstić information content (AvgIpc) is 3.21. The second-order valence-corrected chi connectivity index (χ2v) is 13.4. The van der Waals surface area contributed by atoms with Crippen molar-refractivity contribution in [2.24, 2.45) is 0 Å². The predicted octanol–water partition coefficient (Wildman–Crippen LogP) is 15.5. The van der Waals surface area contributed by atoms with Gasteiger partial charge in [-0.3, -0.25) is 0 Å². The highest BCUT2D eigenvalue weighted by Gasteiger charge is 2.19. The molecule has 0 aliphatic carbocycles. The molecule has 0 bridgehead atoms. The van der Waals surface area contributed by atoms with E-state index in [9.17, 15) is 0 Å². The smallest absolute Gasteiger partial charge is 0.0533 e. The van der Waals surface area contributed by atoms with Gasteiger partial charge in [0.1, 0.15) is 0 Å². The van der Waals surface area contributed by atoms with Gasteiger partial charge in [0, 0.05) is 45.9 Å². The standard InChI is InChI=1S/C52H56N2.C2H4/c1-10-14-26-46(23-13-4)54(51-31-21-25-42(8)49(51)29-15-11-2)48-37-35-45(36-38-48)44(22-12-3)34-33-43(9)53(47-27-17-16-18-28-47)52(39-32-40(5)6)50-30-20-19-24-41(50)7;1-2/h10,13-21,24-39H,4,11,23H2,1-3,5-9H3;1-2H2/b14-10-,29-15-,43-33+,44-34+,46-26+,52-39+;. The van der Waals surface area contributed by atoms with Gasteiger partial charge in [-0.2, -0.15) is 0 Å². The maximum atomic E-state index is 4.10. The van der Waals surface area contributed by atoms with Crippen LogP contribution in [0.15, 0.2) is 188 Å². The summed E-state index contributed by atoms with van der Waals surface area (Å²) in [5.74, 6) is 6.57. The van der Waals surface area contributed by atoms with Gasteiger partial charge in [0.25, 0.3) is 0 Å². The summed E-state index contributed by atoms with van der Waals surface area (Å²) in [6.45, 7) is 27.0. The van der Waals surface area contributed by atoms with Crippen LogP contribution in [0, 0.1) is 25.7 Å². The maximum absolute atomic E-state index is 4.10. The van der Waals surface area contributed by atoms with Crippen molar-refractivity contribution in [2.45, 2.75) is 68.2 Å². The second kappa shape index (κ2) is 23.5. The number of aryl methyl sites for hydroxylation is 2. The van der Waals surface area contributed by atoms with Gasteiger partial charge >= 0.3 is 0 Å². The third-order valence-electron chi connectivity index (χ3n) is 8.97. The van der Waals surface area contributed by atoms with E-state index in [4.69, 9.17) is 0 Å². The van der Waals surface area contributed by atoms with Gasteiger partial charge in [-0.25, -0.2) is 0 Å². The van der Waals surface area contributed by atoms with Gasteiger partial charge in [0.05, 0.1) is 11.4 Å². The number of para-hydroxylation sites is 1. The second-order valence-electron chi connectivity index (χ2n) is 13.4. The molecule has 0 saturated heterocycles. The number of anilines is 3. The number of rotatable bonds is 15. The molecule has 0 N–H and O–H groups in total. The molecule has 0 fully saturated rings. The van der Waals surface area contributed by atoms with Crippen molar-refractivity contribution in [1.82, 2.24) is 0 Å². The van der Waals surface area contributed by atoms with Crippen LogP contribution in [-0.4, -0.2) is 0 Å². The maximum Gasteiger partial charge on any atom is 0.0533 e. The van der Waals surface area contributed by atoms with Crippen LogP contribution >= 0.6 is 0 Å². The summed E-state index contributed by atoms with van der Waals surface area (Å²) in [6, 6.07) is 34.4. The van der Waals surface area contributed by atoms with Crippen LogP contribution < -0.4 is 9.80 Å². The molecule has 0 aliphatic heterocycles. The number of hydrogen-bond acceptors (Lipinski definition) is 2. The highest BCUT2D eigenvalue weighted by molar-refractivity contribution is 5.86. The van der Waals surface area contributed by atoms with Gasteiger partial charge in [-0.05, 0) is 126 Å². The summed E-state index contributed by atoms with van der Waals surface area (Å²) in [7, 11) is 0. The first-order chi connectivity index (χ1) is 27.2. The first-order valence-electron chi connectivity index (χ1n) is 19.4. The Balaban J connectivity index is 0.00000414. The van der Waals surface area contributed by atoms with Gasteiger partial charge < -0.3 is 9.80 Å². The third kappa shape index (κ3) is 12.1. The Bertz CT molecular complexity index is 2170. The minimum absolute atomic E-state index is 0.720. The monoisotopic (exact) mass is 736 g/mol. The van der Waals surface area contributed by atoms with E-state index in [-0.39, 0.29) is 0 Å². The molecule has 286 valence electrons. The lowest BCUT2D eigenvalue weighted by Crippen LogP contribution is -2.20. The Morgan fingerprint density at radius 1 is 0.732 bits per heavy atom. The van der Waals surface area contributed by atoms with Crippen molar-refractivity contribution >= 4 is 34.4 Å². The van der Waals surface area contributed by atoms with E-state index in [1.165, 1.54) is 27.8 Å². The van der Waals surface area contributed by atoms with Gasteiger partial charge in [-0.1, -0.05) is 122 Å². The lowest BCUT2D eigenvalue weighted by molar-refractivity contribution is 1.07. The lowest BCUT2D eigenvalue weighted by atomic mass is 10.0. The number of allylic oxidation sites excluding steroid dienone is 12. The largest absolute Gasteiger partial charge is 0.314 e. The summed E-state index contributed by atoms with van der Waals surface area (Å²) in [6.07, 6.45) is 23.2. The molecule has 2 nitrogen and oxygen atoms in total. The van der Waals surface area contributed by atoms with E-state index in [0.29, 0.717) is 0 Å². The minimum atomic E-state index is 0.720. The topological polar surface area (TPSA) is 6.48 Å². The first kappa shape index (κ1) is 44.1. The molecule has 0 radical (unpaired) electrons. The van der Waals surface area contributed by atoms with Crippen molar-refractivity contribution < 1.29 is 0 Å². The quantitative estimate of drug-likeness (QED) is 0.0681. The average molecular weight is 737 g/mol. The fourth-order valence-electron chi connectivity index (χ4n) is 6.28. The summed E-state index contributed by atoms with van der Waals surface area (Å²) in [5.41, 5.74) is 14.7. The highest BCUT2D eigenvalue weighted by Crippen LogP contribution is 2.37. The third-order valence-corrected chi connectivity index (χ3v) is 8.97. The molecular weight excluding hydrogens is 677 g/mol. The van der Waals surface area contributed by atoms with Crippen LogP contribution in [0.3, 0.4) is 0 Å². The summed E-state index contributed by atoms with van der Waals surface area (Å²) in [5, 5.41) is 0. The molecule has 0 unspecified atom stereocenters. The van der Waals surface area contributed by atoms with Crippen LogP contribution in [0.2, 0.25) is 0 Å². The molecule has 56 heavy (non-hydrogen) atoms. The fraction of sp³-hybridized carbons (Fsp3) is 0.185. The summed E-state index contributed by atoms with van der Waals surface area (Å²) < 4.78 is 0. The van der Waals surface area contributed by atoms with E-state index < -0.39 is 0 Å². The zero-order valence-corrected chi connectivity index (χ0v) is 34.9. The molecule has 0 aliphatic rings. The van der Waals surface area contributed by atoms with E-state index >= 15 is 0 Å². The SMILES string of the molecule is C=C.C=CC/C(=C\C=C/C)N(c1ccc(/C(C#CC)=C/C=C(\C)N(/C(=C/C=C(C)C)c2ccccc2C)c2ccccc2)cc1)c1cccc(C)c1/C=C\CC. The summed E-state index contributed by atoms with van der Waals surface area (Å²) >= 11 is 0. The molecule has 0 saturated carbocycles. The molecule has 0 heterocycles. The van der Waals surface area contributed by atoms with Crippen LogP contribution in [0.5, 0.6) is 0 Å². The van der Waals surface area contributed by atoms with Crippen molar-refractivity contribution in [1.29, 1.82) is 0 Å². The Kier molecular flexibility index (Phi) is 18.5. The van der Waals surface area contributed by atoms with Gasteiger partial charge in [0.15, 0.2) is 0 Å². The van der Waals surface area contributed by atoms with Crippen LogP contribution in [0.4, 0.5) is 17.1 Å². The molecule has 0 aromatic heterocycles. The van der Waals surface area contributed by atoms with Crippen molar-refractivity contribution in [3.63, 3.8) is 0 Å². The van der Waals surface area contributed by atoms with E-state index in [1.807, 2.05) is 19.9 Å². The zero-order valence-electron chi connectivity index (χ0n) is 34.9. The van der Waals surface area contributed by atoms with Gasteiger partial charge in [-0.15, -0.1) is 25.7 Å². The van der Waals surface area contributed by atoms with Crippen LogP contribution in [0.25, 0.3) is 17.3 Å². The van der Waals surface area contributed by atoms with Gasteiger partial charge in [0.2, 0.25) is 0 Å². The Hall–Kier alpha value is -6.30. The first-order valence-corrected chi connectivity index (χ1v) is 19.4. The lowest BCUT2D eigenvalue weighted by Gasteiger charge is -2.30. The normalized spacial score (nSPS) is 12.1. The number of nitrogens with zero attached hydrogens (tertiary/aromatic N) is 2. The van der Waals surface area contributed by atoms with Crippen molar-refractivity contribution in [3.05, 3.63) is 216 Å². The molecule has 4 aromatic carbocycles. The Morgan fingerprint density at radius 2 is 1.41 bits per heavy atom. The Morgan fingerprint density at radius 3 is 2.04 bits per heavy atom. The highest BCUT2D eigenvalue weighted by atomic mass is 15.2. The molecule has 2 heteroatoms. The zero-order chi connectivity index (χ0) is 40.9. The van der Waals surface area contributed by atoms with Crippen molar-refractivity contribution in [2.75, 3.05) is 9.80 Å². The molecular formula is C54H60N2. The molecule has 0 spiro atoms. The van der Waals surface area contributed by atoms with Crippen LogP contribution in [0.1, 0.15) is 82.2 Å². The molecule has 4 aromatic rings. The predicted molar refractivity (Wildman–Crippen MR) is 251 cm³/mol. The van der Waals surface area contributed by atoms with E-state index in [2.05, 4.69) is 235 Å². The molecule has 4 rings (SSSR count). The molecule has 0 amide bonds. The number of benzene rings is 4. The summed E-state index contributed by atoms with van der Waals surface area (Å²) in [4.78, 5) is 4.69. The fourth-order valence-corrected chi connectivity index (χ4v) is 6.28.